The normalized spacial score (nSPS) is 13.0. The van der Waals surface area contributed by atoms with Crippen LogP contribution in [0.2, 0.25) is 0 Å². The molecule has 1 N–H and O–H groups in total. The van der Waals surface area contributed by atoms with E-state index in [-0.39, 0.29) is 5.56 Å². The Kier molecular flexibility index (Phi) is 4.92. The zero-order valence-corrected chi connectivity index (χ0v) is 13.8. The van der Waals surface area contributed by atoms with E-state index in [1.54, 1.807) is 18.8 Å². The van der Waals surface area contributed by atoms with Crippen LogP contribution >= 0.6 is 11.8 Å². The van der Waals surface area contributed by atoms with Crippen LogP contribution in [-0.4, -0.2) is 24.4 Å². The molecular weight excluding hydrogens is 288 g/mol. The van der Waals surface area contributed by atoms with Gasteiger partial charge in [-0.25, -0.2) is 9.78 Å². The summed E-state index contributed by atoms with van der Waals surface area (Å²) in [7, 11) is 1.63. The van der Waals surface area contributed by atoms with Crippen molar-refractivity contribution in [2.75, 3.05) is 0 Å². The van der Waals surface area contributed by atoms with Crippen molar-refractivity contribution in [3.8, 4) is 0 Å². The second-order valence-corrected chi connectivity index (χ2v) is 6.63. The Balaban J connectivity index is 2.66. The number of aromatic nitrogens is 4. The average Bonchev–Trinajstić information content (AvgIpc) is 2.81. The van der Waals surface area contributed by atoms with Gasteiger partial charge >= 0.3 is 5.69 Å². The maximum absolute atomic E-state index is 12.2. The SMILES string of the molecule is CCCCn1c(SC(C)CC)nc2c1c(=O)[nH]c(=O)n2C. The molecule has 0 saturated heterocycles. The van der Waals surface area contributed by atoms with Crippen LogP contribution in [0.4, 0.5) is 0 Å². The first kappa shape index (κ1) is 15.9. The van der Waals surface area contributed by atoms with Gasteiger partial charge in [-0.2, -0.15) is 0 Å². The van der Waals surface area contributed by atoms with E-state index in [4.69, 9.17) is 0 Å². The van der Waals surface area contributed by atoms with E-state index in [0.29, 0.717) is 16.4 Å². The molecular formula is C14H22N4O2S. The van der Waals surface area contributed by atoms with Gasteiger partial charge in [0, 0.05) is 18.8 Å². The van der Waals surface area contributed by atoms with Gasteiger partial charge in [0.25, 0.3) is 5.56 Å². The third-order valence-electron chi connectivity index (χ3n) is 3.59. The predicted molar refractivity (Wildman–Crippen MR) is 86.1 cm³/mol. The molecule has 1 unspecified atom stereocenters. The molecule has 2 aromatic heterocycles. The van der Waals surface area contributed by atoms with Crippen LogP contribution in [0.15, 0.2) is 14.7 Å². The molecule has 0 fully saturated rings. The van der Waals surface area contributed by atoms with Gasteiger partial charge in [0.2, 0.25) is 0 Å². The smallest absolute Gasteiger partial charge is 0.313 e. The molecule has 21 heavy (non-hydrogen) atoms. The highest BCUT2D eigenvalue weighted by atomic mass is 32.2. The molecule has 7 heteroatoms. The molecule has 2 aromatic rings. The lowest BCUT2D eigenvalue weighted by Gasteiger charge is -2.10. The van der Waals surface area contributed by atoms with Gasteiger partial charge in [-0.1, -0.05) is 39.0 Å². The monoisotopic (exact) mass is 310 g/mol. The second-order valence-electron chi connectivity index (χ2n) is 5.23. The summed E-state index contributed by atoms with van der Waals surface area (Å²) < 4.78 is 3.35. The van der Waals surface area contributed by atoms with Gasteiger partial charge in [-0.05, 0) is 12.8 Å². The lowest BCUT2D eigenvalue weighted by molar-refractivity contribution is 0.599. The van der Waals surface area contributed by atoms with E-state index in [1.807, 2.05) is 4.57 Å². The van der Waals surface area contributed by atoms with E-state index >= 15 is 0 Å². The highest BCUT2D eigenvalue weighted by Gasteiger charge is 2.18. The Morgan fingerprint density at radius 3 is 2.67 bits per heavy atom. The Morgan fingerprint density at radius 2 is 2.05 bits per heavy atom. The molecule has 0 radical (unpaired) electrons. The van der Waals surface area contributed by atoms with Crippen LogP contribution in [0.1, 0.15) is 40.0 Å². The van der Waals surface area contributed by atoms with Crippen LogP contribution in [0.5, 0.6) is 0 Å². The van der Waals surface area contributed by atoms with Crippen molar-refractivity contribution in [2.24, 2.45) is 7.05 Å². The summed E-state index contributed by atoms with van der Waals surface area (Å²) in [5.41, 5.74) is 0.183. The average molecular weight is 310 g/mol. The minimum Gasteiger partial charge on any atom is -0.313 e. The zero-order chi connectivity index (χ0) is 15.6. The molecule has 116 valence electrons. The Morgan fingerprint density at radius 1 is 1.33 bits per heavy atom. The molecule has 0 amide bonds. The van der Waals surface area contributed by atoms with Gasteiger partial charge in [-0.15, -0.1) is 0 Å². The lowest BCUT2D eigenvalue weighted by atomic mass is 10.3. The van der Waals surface area contributed by atoms with E-state index in [1.165, 1.54) is 4.57 Å². The van der Waals surface area contributed by atoms with Crippen LogP contribution < -0.4 is 11.2 Å². The van der Waals surface area contributed by atoms with E-state index in [2.05, 4.69) is 30.7 Å². The number of fused-ring (bicyclic) bond motifs is 1. The number of nitrogens with zero attached hydrogens (tertiary/aromatic N) is 3. The van der Waals surface area contributed by atoms with Crippen LogP contribution in [0.3, 0.4) is 0 Å². The van der Waals surface area contributed by atoms with Crippen molar-refractivity contribution in [2.45, 2.75) is 57.0 Å². The fourth-order valence-electron chi connectivity index (χ4n) is 2.09. The van der Waals surface area contributed by atoms with Crippen molar-refractivity contribution in [3.63, 3.8) is 0 Å². The van der Waals surface area contributed by atoms with Crippen LogP contribution in [-0.2, 0) is 13.6 Å². The molecule has 0 aliphatic heterocycles. The van der Waals surface area contributed by atoms with Gasteiger partial charge in [-0.3, -0.25) is 14.3 Å². The number of hydrogen-bond acceptors (Lipinski definition) is 4. The van der Waals surface area contributed by atoms with Crippen LogP contribution in [0, 0.1) is 0 Å². The molecule has 0 aliphatic rings. The first-order valence-corrected chi connectivity index (χ1v) is 8.23. The number of H-pyrrole nitrogens is 1. The highest BCUT2D eigenvalue weighted by Crippen LogP contribution is 2.27. The number of hydrogen-bond donors (Lipinski definition) is 1. The summed E-state index contributed by atoms with van der Waals surface area (Å²) in [5.74, 6) is 0. The standard InChI is InChI=1S/C14H22N4O2S/c1-5-7-8-18-10-11(15-14(18)21-9(3)6-2)17(4)13(20)16-12(10)19/h9H,5-8H2,1-4H3,(H,16,19,20). The Bertz CT molecular complexity index is 744. The van der Waals surface area contributed by atoms with Gasteiger partial charge in [0.1, 0.15) is 0 Å². The molecule has 2 heterocycles. The number of aryl methyl sites for hydroxylation is 2. The summed E-state index contributed by atoms with van der Waals surface area (Å²) >= 11 is 1.65. The lowest BCUT2D eigenvalue weighted by Crippen LogP contribution is -2.29. The topological polar surface area (TPSA) is 72.7 Å². The van der Waals surface area contributed by atoms with Crippen molar-refractivity contribution >= 4 is 22.9 Å². The number of nitrogens with one attached hydrogen (secondary N) is 1. The molecule has 0 bridgehead atoms. The molecule has 2 rings (SSSR count). The zero-order valence-electron chi connectivity index (χ0n) is 13.0. The van der Waals surface area contributed by atoms with Gasteiger partial charge < -0.3 is 4.57 Å². The predicted octanol–water partition coefficient (Wildman–Crippen LogP) is 2.11. The fraction of sp³-hybridized carbons (Fsp3) is 0.643. The summed E-state index contributed by atoms with van der Waals surface area (Å²) in [4.78, 5) is 30.8. The van der Waals surface area contributed by atoms with E-state index in [9.17, 15) is 9.59 Å². The molecule has 1 atom stereocenters. The van der Waals surface area contributed by atoms with Crippen molar-refractivity contribution < 1.29 is 0 Å². The van der Waals surface area contributed by atoms with Gasteiger partial charge in [0.15, 0.2) is 16.3 Å². The Hall–Kier alpha value is -1.50. The van der Waals surface area contributed by atoms with Crippen molar-refractivity contribution in [3.05, 3.63) is 20.8 Å². The first-order chi connectivity index (χ1) is 9.99. The molecule has 0 spiro atoms. The molecule has 0 saturated carbocycles. The summed E-state index contributed by atoms with van der Waals surface area (Å²) in [6.45, 7) is 7.12. The first-order valence-electron chi connectivity index (χ1n) is 7.35. The second kappa shape index (κ2) is 6.51. The Labute approximate surface area is 127 Å². The molecule has 0 aromatic carbocycles. The maximum Gasteiger partial charge on any atom is 0.329 e. The third-order valence-corrected chi connectivity index (χ3v) is 4.85. The minimum atomic E-state index is -0.423. The number of imidazole rings is 1. The van der Waals surface area contributed by atoms with Gasteiger partial charge in [0.05, 0.1) is 0 Å². The molecule has 6 nitrogen and oxygen atoms in total. The highest BCUT2D eigenvalue weighted by molar-refractivity contribution is 7.99. The maximum atomic E-state index is 12.2. The fourth-order valence-corrected chi connectivity index (χ4v) is 3.07. The summed E-state index contributed by atoms with van der Waals surface area (Å²) in [6.07, 6.45) is 3.04. The van der Waals surface area contributed by atoms with E-state index in [0.717, 1.165) is 31.0 Å². The summed E-state index contributed by atoms with van der Waals surface area (Å²) in [5, 5.41) is 1.23. The van der Waals surface area contributed by atoms with Crippen molar-refractivity contribution in [1.82, 2.24) is 19.1 Å². The number of rotatable bonds is 6. The largest absolute Gasteiger partial charge is 0.329 e. The number of unbranched alkanes of at least 4 members (excludes halogenated alkanes) is 1. The quantitative estimate of drug-likeness (QED) is 0.829. The number of aromatic amines is 1. The minimum absolute atomic E-state index is 0.354. The third kappa shape index (κ3) is 3.07. The van der Waals surface area contributed by atoms with Crippen molar-refractivity contribution in [1.29, 1.82) is 0 Å². The molecule has 0 aliphatic carbocycles. The van der Waals surface area contributed by atoms with Crippen LogP contribution in [0.25, 0.3) is 11.2 Å². The number of thioether (sulfide) groups is 1. The van der Waals surface area contributed by atoms with E-state index < -0.39 is 5.69 Å². The summed E-state index contributed by atoms with van der Waals surface area (Å²) in [6, 6.07) is 0.